The van der Waals surface area contributed by atoms with Crippen molar-refractivity contribution in [3.8, 4) is 5.75 Å². The van der Waals surface area contributed by atoms with Gasteiger partial charge >= 0.3 is 6.03 Å². The molecule has 2 N–H and O–H groups in total. The Balaban J connectivity index is 1.33. The van der Waals surface area contributed by atoms with Crippen LogP contribution in [0.4, 0.5) is 4.79 Å². The number of aromatic nitrogens is 3. The molecule has 3 heterocycles. The van der Waals surface area contributed by atoms with Crippen LogP contribution in [0.1, 0.15) is 23.1 Å². The maximum absolute atomic E-state index is 12.3. The number of ether oxygens (including phenoxy) is 1. The maximum atomic E-state index is 12.3. The van der Waals surface area contributed by atoms with Gasteiger partial charge in [0, 0.05) is 35.4 Å². The zero-order valence-electron chi connectivity index (χ0n) is 15.2. The van der Waals surface area contributed by atoms with Crippen LogP contribution in [0.3, 0.4) is 0 Å². The van der Waals surface area contributed by atoms with E-state index in [1.54, 1.807) is 7.11 Å². The normalized spacial score (nSPS) is 14.5. The lowest BCUT2D eigenvalue weighted by Gasteiger charge is -2.39. The molecule has 26 heavy (non-hydrogen) atoms. The third-order valence-corrected chi connectivity index (χ3v) is 4.85. The summed E-state index contributed by atoms with van der Waals surface area (Å²) in [7, 11) is 1.65. The smallest absolute Gasteiger partial charge is 0.317 e. The van der Waals surface area contributed by atoms with Crippen molar-refractivity contribution >= 4 is 16.9 Å². The Morgan fingerprint density at radius 2 is 2.12 bits per heavy atom. The highest BCUT2D eigenvalue weighted by atomic mass is 16.5. The second-order valence-corrected chi connectivity index (χ2v) is 6.84. The molecule has 1 aliphatic heterocycles. The molecule has 4 rings (SSSR count). The summed E-state index contributed by atoms with van der Waals surface area (Å²) in [5.74, 6) is 0.822. The second-order valence-electron chi connectivity index (χ2n) is 6.84. The predicted octanol–water partition coefficient (Wildman–Crippen LogP) is 2.76. The molecule has 136 valence electrons. The molecule has 0 aliphatic carbocycles. The van der Waals surface area contributed by atoms with E-state index < -0.39 is 0 Å². The number of nitrogens with one attached hydrogen (secondary N) is 2. The maximum Gasteiger partial charge on any atom is 0.317 e. The van der Waals surface area contributed by atoms with Gasteiger partial charge in [-0.2, -0.15) is 5.10 Å². The fourth-order valence-corrected chi connectivity index (χ4v) is 3.47. The summed E-state index contributed by atoms with van der Waals surface area (Å²) in [6.07, 6.45) is 0. The van der Waals surface area contributed by atoms with E-state index in [1.165, 1.54) is 0 Å². The van der Waals surface area contributed by atoms with Gasteiger partial charge in [-0.15, -0.1) is 0 Å². The zero-order chi connectivity index (χ0) is 18.3. The summed E-state index contributed by atoms with van der Waals surface area (Å²) in [5.41, 5.74) is 4.16. The Labute approximate surface area is 151 Å². The summed E-state index contributed by atoms with van der Waals surface area (Å²) in [6.45, 7) is 5.89. The molecular formula is C19H23N5O2. The lowest BCUT2D eigenvalue weighted by molar-refractivity contribution is 0.117. The highest BCUT2D eigenvalue weighted by Gasteiger charge is 2.33. The van der Waals surface area contributed by atoms with E-state index in [0.29, 0.717) is 19.6 Å². The number of rotatable bonds is 4. The number of urea groups is 1. The number of carbonyl (C=O) groups excluding carboxylic acids is 1. The molecule has 2 amide bonds. The van der Waals surface area contributed by atoms with E-state index in [1.807, 2.05) is 47.7 Å². The molecule has 3 aromatic rings. The van der Waals surface area contributed by atoms with E-state index in [-0.39, 0.29) is 12.1 Å². The number of H-pyrrole nitrogens is 1. The van der Waals surface area contributed by atoms with Crippen molar-refractivity contribution in [1.29, 1.82) is 0 Å². The Hall–Kier alpha value is -2.96. The number of nitrogens with zero attached hydrogens (tertiary/aromatic N) is 3. The second kappa shape index (κ2) is 6.40. The zero-order valence-corrected chi connectivity index (χ0v) is 15.2. The number of hydrogen-bond acceptors (Lipinski definition) is 3. The van der Waals surface area contributed by atoms with Gasteiger partial charge in [0.05, 0.1) is 25.4 Å². The highest BCUT2D eigenvalue weighted by Crippen LogP contribution is 2.23. The van der Waals surface area contributed by atoms with Crippen molar-refractivity contribution in [1.82, 2.24) is 25.0 Å². The molecule has 0 radical (unpaired) electrons. The van der Waals surface area contributed by atoms with Gasteiger partial charge in [-0.3, -0.25) is 4.68 Å². The Bertz CT molecular complexity index is 952. The number of fused-ring (bicyclic) bond motifs is 1. The molecule has 1 saturated heterocycles. The van der Waals surface area contributed by atoms with Crippen LogP contribution in [0.2, 0.25) is 0 Å². The van der Waals surface area contributed by atoms with Crippen molar-refractivity contribution in [3.63, 3.8) is 0 Å². The topological polar surface area (TPSA) is 75.2 Å². The van der Waals surface area contributed by atoms with Crippen LogP contribution < -0.4 is 10.1 Å². The van der Waals surface area contributed by atoms with Crippen LogP contribution in [0.5, 0.6) is 5.75 Å². The first-order chi connectivity index (χ1) is 12.5. The van der Waals surface area contributed by atoms with Crippen molar-refractivity contribution in [2.75, 3.05) is 20.2 Å². The van der Waals surface area contributed by atoms with Crippen molar-refractivity contribution in [2.45, 2.75) is 26.4 Å². The van der Waals surface area contributed by atoms with Crippen LogP contribution in [0.15, 0.2) is 30.3 Å². The average molecular weight is 353 g/mol. The SMILES string of the molecule is COc1ccc2[nH]c(CNC(=O)N3CC(n4nc(C)cc4C)C3)cc2c1. The van der Waals surface area contributed by atoms with Crippen LogP contribution in [-0.4, -0.2) is 45.9 Å². The van der Waals surface area contributed by atoms with Gasteiger partial charge in [0.25, 0.3) is 0 Å². The Morgan fingerprint density at radius 3 is 2.81 bits per heavy atom. The van der Waals surface area contributed by atoms with Gasteiger partial charge in [-0.25, -0.2) is 4.79 Å². The first-order valence-electron chi connectivity index (χ1n) is 8.74. The standard InChI is InChI=1S/C19H23N5O2/c1-12-6-13(2)24(22-12)16-10-23(11-16)19(25)20-9-15-7-14-8-17(26-3)4-5-18(14)21-15/h4-8,16,21H,9-11H2,1-3H3,(H,20,25). The molecule has 1 aromatic carbocycles. The van der Waals surface area contributed by atoms with Crippen molar-refractivity contribution < 1.29 is 9.53 Å². The number of methoxy groups -OCH3 is 1. The van der Waals surface area contributed by atoms with E-state index in [9.17, 15) is 4.79 Å². The fourth-order valence-electron chi connectivity index (χ4n) is 3.47. The molecular weight excluding hydrogens is 330 g/mol. The molecule has 0 unspecified atom stereocenters. The summed E-state index contributed by atoms with van der Waals surface area (Å²) in [6, 6.07) is 10.2. The number of likely N-dealkylation sites (tertiary alicyclic amines) is 1. The van der Waals surface area contributed by atoms with E-state index in [2.05, 4.69) is 21.5 Å². The number of carbonyl (C=O) groups is 1. The van der Waals surface area contributed by atoms with Crippen LogP contribution in [0, 0.1) is 13.8 Å². The quantitative estimate of drug-likeness (QED) is 0.757. The van der Waals surface area contributed by atoms with Crippen molar-refractivity contribution in [3.05, 3.63) is 47.4 Å². The molecule has 7 heteroatoms. The average Bonchev–Trinajstić information content (AvgIpc) is 3.13. The summed E-state index contributed by atoms with van der Waals surface area (Å²) < 4.78 is 7.26. The summed E-state index contributed by atoms with van der Waals surface area (Å²) in [5, 5.41) is 8.55. The van der Waals surface area contributed by atoms with Crippen molar-refractivity contribution in [2.24, 2.45) is 0 Å². The third kappa shape index (κ3) is 3.00. The van der Waals surface area contributed by atoms with Crippen LogP contribution >= 0.6 is 0 Å². The first-order valence-corrected chi connectivity index (χ1v) is 8.74. The highest BCUT2D eigenvalue weighted by molar-refractivity contribution is 5.82. The van der Waals surface area contributed by atoms with Gasteiger partial charge in [0.15, 0.2) is 0 Å². The van der Waals surface area contributed by atoms with E-state index in [4.69, 9.17) is 4.74 Å². The van der Waals surface area contributed by atoms with Crippen LogP contribution in [0.25, 0.3) is 10.9 Å². The first kappa shape index (κ1) is 16.5. The van der Waals surface area contributed by atoms with Crippen LogP contribution in [-0.2, 0) is 6.54 Å². The number of benzene rings is 1. The molecule has 2 aromatic heterocycles. The monoisotopic (exact) mass is 353 g/mol. The van der Waals surface area contributed by atoms with E-state index >= 15 is 0 Å². The Kier molecular flexibility index (Phi) is 4.06. The molecule has 0 saturated carbocycles. The molecule has 1 fully saturated rings. The molecule has 0 spiro atoms. The number of amides is 2. The molecule has 0 atom stereocenters. The van der Waals surface area contributed by atoms with Gasteiger partial charge in [-0.1, -0.05) is 0 Å². The molecule has 1 aliphatic rings. The molecule has 7 nitrogen and oxygen atoms in total. The number of aromatic amines is 1. The van der Waals surface area contributed by atoms with Gasteiger partial charge in [-0.05, 0) is 44.2 Å². The largest absolute Gasteiger partial charge is 0.497 e. The number of aryl methyl sites for hydroxylation is 2. The lowest BCUT2D eigenvalue weighted by Crippen LogP contribution is -2.54. The third-order valence-electron chi connectivity index (χ3n) is 4.85. The fraction of sp³-hybridized carbons (Fsp3) is 0.368. The number of hydrogen-bond donors (Lipinski definition) is 2. The van der Waals surface area contributed by atoms with Gasteiger partial charge in [0.2, 0.25) is 0 Å². The van der Waals surface area contributed by atoms with Gasteiger partial charge < -0.3 is 19.9 Å². The minimum Gasteiger partial charge on any atom is -0.497 e. The summed E-state index contributed by atoms with van der Waals surface area (Å²) >= 11 is 0. The Morgan fingerprint density at radius 1 is 1.31 bits per heavy atom. The van der Waals surface area contributed by atoms with Gasteiger partial charge in [0.1, 0.15) is 5.75 Å². The lowest BCUT2D eigenvalue weighted by atomic mass is 10.1. The summed E-state index contributed by atoms with van der Waals surface area (Å²) in [4.78, 5) is 17.5. The minimum atomic E-state index is -0.0426. The predicted molar refractivity (Wildman–Crippen MR) is 99.4 cm³/mol. The molecule has 0 bridgehead atoms. The minimum absolute atomic E-state index is 0.0426. The van der Waals surface area contributed by atoms with E-state index in [0.717, 1.165) is 33.7 Å².